The van der Waals surface area contributed by atoms with Gasteiger partial charge in [0.25, 0.3) is 11.8 Å². The summed E-state index contributed by atoms with van der Waals surface area (Å²) in [7, 11) is -4.84. The lowest BCUT2D eigenvalue weighted by molar-refractivity contribution is -0.172. The highest BCUT2D eigenvalue weighted by molar-refractivity contribution is 7.84. The van der Waals surface area contributed by atoms with Gasteiger partial charge in [-0.05, 0) is 43.7 Å². The minimum atomic E-state index is -4.84. The molecule has 1 aromatic heterocycles. The Morgan fingerprint density at radius 3 is 2.17 bits per heavy atom. The van der Waals surface area contributed by atoms with Crippen LogP contribution in [-0.2, 0) is 34.3 Å². The number of carbonyl (C=O) groups excluding carboxylic acids is 3. The van der Waals surface area contributed by atoms with Crippen LogP contribution in [0, 0.1) is 5.92 Å². The minimum Gasteiger partial charge on any atom is -0.450 e. The van der Waals surface area contributed by atoms with Gasteiger partial charge in [0.2, 0.25) is 5.60 Å². The summed E-state index contributed by atoms with van der Waals surface area (Å²) in [6, 6.07) is 16.1. The monoisotopic (exact) mass is 669 g/mol. The summed E-state index contributed by atoms with van der Waals surface area (Å²) >= 11 is 1.03. The van der Waals surface area contributed by atoms with Gasteiger partial charge in [-0.2, -0.15) is 8.42 Å². The third-order valence-corrected chi connectivity index (χ3v) is 9.62. The molecule has 3 aromatic rings. The number of hydrogen-bond donors (Lipinski definition) is 3. The summed E-state index contributed by atoms with van der Waals surface area (Å²) < 4.78 is 40.2. The van der Waals surface area contributed by atoms with Crippen molar-refractivity contribution in [2.45, 2.75) is 69.7 Å². The van der Waals surface area contributed by atoms with Crippen LogP contribution in [0.5, 0.6) is 0 Å². The number of thiazole rings is 1. The zero-order valence-electron chi connectivity index (χ0n) is 25.2. The first-order valence-corrected chi connectivity index (χ1v) is 17.0. The van der Waals surface area contributed by atoms with Crippen LogP contribution >= 0.6 is 11.3 Å². The predicted octanol–water partition coefficient (Wildman–Crippen LogP) is 3.64. The molecule has 2 aromatic carbocycles. The van der Waals surface area contributed by atoms with Crippen molar-refractivity contribution in [3.8, 4) is 0 Å². The molecule has 46 heavy (non-hydrogen) atoms. The largest absolute Gasteiger partial charge is 0.450 e. The predicted molar refractivity (Wildman–Crippen MR) is 170 cm³/mol. The van der Waals surface area contributed by atoms with Gasteiger partial charge >= 0.3 is 16.3 Å². The topological polar surface area (TPSA) is 191 Å². The SMILES string of the molecule is CC(C)(O/N=C(\C(=O)N[C@@H]1C(=O)N(S(=O)(=O)O)[C@H]1C1CCCCC1)c1csc(N)n1)C(=O)OC(c1ccccc1)c1ccccc1. The van der Waals surface area contributed by atoms with E-state index in [1.807, 2.05) is 60.7 Å². The van der Waals surface area contributed by atoms with Crippen molar-refractivity contribution in [3.05, 3.63) is 82.9 Å². The Kier molecular flexibility index (Phi) is 9.74. The van der Waals surface area contributed by atoms with Gasteiger partial charge in [0, 0.05) is 5.38 Å². The first kappa shape index (κ1) is 33.0. The third kappa shape index (κ3) is 7.21. The van der Waals surface area contributed by atoms with E-state index in [1.165, 1.54) is 19.2 Å². The van der Waals surface area contributed by atoms with Crippen LogP contribution in [0.3, 0.4) is 0 Å². The highest BCUT2D eigenvalue weighted by atomic mass is 32.2. The lowest BCUT2D eigenvalue weighted by atomic mass is 9.77. The fourth-order valence-corrected chi connectivity index (χ4v) is 7.17. The Balaban J connectivity index is 1.38. The molecule has 2 atom stereocenters. The van der Waals surface area contributed by atoms with Gasteiger partial charge in [-0.3, -0.25) is 14.1 Å². The molecule has 2 amide bonds. The van der Waals surface area contributed by atoms with Crippen molar-refractivity contribution in [3.63, 3.8) is 0 Å². The molecule has 1 saturated carbocycles. The fourth-order valence-electron chi connectivity index (χ4n) is 5.68. The molecule has 0 radical (unpaired) electrons. The number of nitrogens with zero attached hydrogens (tertiary/aromatic N) is 3. The first-order valence-electron chi connectivity index (χ1n) is 14.8. The van der Waals surface area contributed by atoms with E-state index in [0.717, 1.165) is 41.7 Å². The van der Waals surface area contributed by atoms with Crippen molar-refractivity contribution >= 4 is 50.3 Å². The van der Waals surface area contributed by atoms with Crippen LogP contribution < -0.4 is 11.1 Å². The van der Waals surface area contributed by atoms with E-state index in [9.17, 15) is 27.4 Å². The van der Waals surface area contributed by atoms with Crippen molar-refractivity contribution in [2.75, 3.05) is 5.73 Å². The molecule has 13 nitrogen and oxygen atoms in total. The molecule has 2 heterocycles. The fraction of sp³-hybridized carbons (Fsp3) is 0.387. The average molecular weight is 670 g/mol. The molecule has 1 aliphatic heterocycles. The Morgan fingerprint density at radius 1 is 1.07 bits per heavy atom. The van der Waals surface area contributed by atoms with Gasteiger partial charge in [0.15, 0.2) is 16.9 Å². The smallest absolute Gasteiger partial charge is 0.362 e. The number of aromatic nitrogens is 1. The van der Waals surface area contributed by atoms with E-state index in [1.54, 1.807) is 0 Å². The van der Waals surface area contributed by atoms with E-state index < -0.39 is 57.6 Å². The van der Waals surface area contributed by atoms with Crippen molar-refractivity contribution < 1.29 is 36.9 Å². The molecular formula is C31H35N5O8S2. The Morgan fingerprint density at radius 2 is 1.65 bits per heavy atom. The third-order valence-electron chi connectivity index (χ3n) is 8.03. The summed E-state index contributed by atoms with van der Waals surface area (Å²) in [4.78, 5) is 49.8. The van der Waals surface area contributed by atoms with Gasteiger partial charge in [0.05, 0.1) is 6.04 Å². The van der Waals surface area contributed by atoms with E-state index in [-0.39, 0.29) is 16.7 Å². The lowest BCUT2D eigenvalue weighted by Gasteiger charge is -2.48. The number of nitrogens with two attached hydrogens (primary N) is 1. The molecule has 244 valence electrons. The number of benzene rings is 2. The summed E-state index contributed by atoms with van der Waals surface area (Å²) in [5.74, 6) is -2.90. The maximum absolute atomic E-state index is 13.6. The molecule has 0 spiro atoms. The van der Waals surface area contributed by atoms with Crippen LogP contribution in [0.4, 0.5) is 5.13 Å². The summed E-state index contributed by atoms with van der Waals surface area (Å²) in [6.45, 7) is 2.85. The van der Waals surface area contributed by atoms with Crippen LogP contribution in [0.2, 0.25) is 0 Å². The van der Waals surface area contributed by atoms with Gasteiger partial charge in [-0.1, -0.05) is 85.1 Å². The van der Waals surface area contributed by atoms with Gasteiger partial charge in [-0.15, -0.1) is 11.3 Å². The number of rotatable bonds is 11. The Bertz CT molecular complexity index is 1670. The molecule has 0 unspecified atom stereocenters. The number of hydrogen-bond acceptors (Lipinski definition) is 11. The second-order valence-electron chi connectivity index (χ2n) is 11.7. The van der Waals surface area contributed by atoms with E-state index in [4.69, 9.17) is 15.3 Å². The first-order chi connectivity index (χ1) is 21.9. The molecule has 1 saturated heterocycles. The number of nitrogen functional groups attached to an aromatic ring is 1. The molecule has 15 heteroatoms. The molecule has 2 aliphatic rings. The normalized spacial score (nSPS) is 19.4. The number of ether oxygens (including phenoxy) is 1. The molecular weight excluding hydrogens is 635 g/mol. The van der Waals surface area contributed by atoms with E-state index >= 15 is 0 Å². The Hall–Kier alpha value is -4.34. The second kappa shape index (κ2) is 13.6. The van der Waals surface area contributed by atoms with Crippen LogP contribution in [0.1, 0.15) is 68.9 Å². The quantitative estimate of drug-likeness (QED) is 0.0893. The van der Waals surface area contributed by atoms with Crippen molar-refractivity contribution in [1.82, 2.24) is 14.6 Å². The summed E-state index contributed by atoms with van der Waals surface area (Å²) in [6.07, 6.45) is 3.13. The number of amides is 2. The van der Waals surface area contributed by atoms with Crippen molar-refractivity contribution in [1.29, 1.82) is 0 Å². The highest BCUT2D eigenvalue weighted by Gasteiger charge is 2.57. The second-order valence-corrected chi connectivity index (χ2v) is 13.8. The maximum Gasteiger partial charge on any atom is 0.362 e. The van der Waals surface area contributed by atoms with E-state index in [0.29, 0.717) is 17.1 Å². The standard InChI is InChI=1S/C31H35N5O8S2/c1-31(2,29(39)43-26(20-14-8-4-9-15-20)21-16-10-5-11-17-21)44-35-23(22-18-45-30(32)33-22)27(37)34-24-25(19-12-6-3-7-13-19)36(28(24)38)46(40,41)42/h4-5,8-11,14-19,24-26H,3,6-7,12-13H2,1-2H3,(H2,32,33)(H,34,37)(H,40,41,42)/b35-23-/t24-,25-/m0/s1. The zero-order chi connectivity index (χ0) is 33.1. The van der Waals surface area contributed by atoms with Gasteiger partial charge in [-0.25, -0.2) is 14.1 Å². The molecule has 1 aliphatic carbocycles. The van der Waals surface area contributed by atoms with Crippen LogP contribution in [-0.4, -0.2) is 63.4 Å². The Labute approximate surface area is 270 Å². The number of β-lactam (4-membered cyclic amide) rings is 1. The van der Waals surface area contributed by atoms with Gasteiger partial charge in [0.1, 0.15) is 11.7 Å². The molecule has 0 bridgehead atoms. The number of nitrogens with one attached hydrogen (secondary N) is 1. The average Bonchev–Trinajstić information content (AvgIpc) is 3.47. The van der Waals surface area contributed by atoms with Crippen LogP contribution in [0.15, 0.2) is 71.2 Å². The lowest BCUT2D eigenvalue weighted by Crippen LogP contribution is -2.74. The number of carbonyl (C=O) groups is 3. The van der Waals surface area contributed by atoms with Crippen molar-refractivity contribution in [2.24, 2.45) is 11.1 Å². The summed E-state index contributed by atoms with van der Waals surface area (Å²) in [5, 5.41) is 8.13. The molecule has 5 rings (SSSR count). The number of anilines is 1. The van der Waals surface area contributed by atoms with E-state index in [2.05, 4.69) is 15.5 Å². The summed E-state index contributed by atoms with van der Waals surface area (Å²) in [5.41, 5.74) is 5.20. The minimum absolute atomic E-state index is 0.0169. The van der Waals surface area contributed by atoms with Gasteiger partial charge < -0.3 is 20.6 Å². The molecule has 2 fully saturated rings. The maximum atomic E-state index is 13.6. The van der Waals surface area contributed by atoms with Crippen LogP contribution in [0.25, 0.3) is 0 Å². The highest BCUT2D eigenvalue weighted by Crippen LogP contribution is 2.37. The zero-order valence-corrected chi connectivity index (χ0v) is 26.9. The number of oxime groups is 1. The number of esters is 1. The molecule has 4 N–H and O–H groups in total.